The average molecular weight is 472 g/mol. The Kier molecular flexibility index (Phi) is 5.88. The van der Waals surface area contributed by atoms with Gasteiger partial charge in [-0.05, 0) is 55.7 Å². The third-order valence-electron chi connectivity index (χ3n) is 5.09. The number of anilines is 1. The zero-order chi connectivity index (χ0) is 22.3. The molecule has 8 heteroatoms. The molecule has 0 saturated carbocycles. The summed E-state index contributed by atoms with van der Waals surface area (Å²) in [4.78, 5) is 31.5. The molecular weight excluding hydrogens is 453 g/mol. The van der Waals surface area contributed by atoms with Crippen LogP contribution in [-0.2, 0) is 6.54 Å². The van der Waals surface area contributed by atoms with Crippen molar-refractivity contribution in [2.24, 2.45) is 0 Å². The van der Waals surface area contributed by atoms with Crippen molar-refractivity contribution >= 4 is 56.3 Å². The number of hydrogen-bond donors (Lipinski definition) is 1. The number of nitrogens with zero attached hydrogens (tertiary/aromatic N) is 2. The summed E-state index contributed by atoms with van der Waals surface area (Å²) in [7, 11) is 0. The van der Waals surface area contributed by atoms with Crippen LogP contribution in [0.25, 0.3) is 10.2 Å². The van der Waals surface area contributed by atoms with Crippen molar-refractivity contribution in [3.63, 3.8) is 0 Å². The van der Waals surface area contributed by atoms with Gasteiger partial charge in [-0.2, -0.15) is 0 Å². The molecule has 0 bridgehead atoms. The van der Waals surface area contributed by atoms with E-state index >= 15 is 0 Å². The molecule has 0 aliphatic heterocycles. The van der Waals surface area contributed by atoms with E-state index in [-0.39, 0.29) is 11.5 Å². The van der Waals surface area contributed by atoms with Gasteiger partial charge in [0.1, 0.15) is 4.83 Å². The highest BCUT2D eigenvalue weighted by Gasteiger charge is 2.20. The fraction of sp³-hybridized carbons (Fsp3) is 0.174. The van der Waals surface area contributed by atoms with Crippen LogP contribution in [0.1, 0.15) is 31.9 Å². The fourth-order valence-electron chi connectivity index (χ4n) is 3.46. The molecule has 31 heavy (non-hydrogen) atoms. The number of halogens is 2. The van der Waals surface area contributed by atoms with E-state index in [9.17, 15) is 9.59 Å². The van der Waals surface area contributed by atoms with Crippen molar-refractivity contribution in [2.45, 2.75) is 27.3 Å². The quantitative estimate of drug-likeness (QED) is 0.397. The van der Waals surface area contributed by atoms with Crippen molar-refractivity contribution in [1.82, 2.24) is 9.55 Å². The van der Waals surface area contributed by atoms with Crippen LogP contribution < -0.4 is 10.9 Å². The van der Waals surface area contributed by atoms with Gasteiger partial charge in [0.15, 0.2) is 0 Å². The Morgan fingerprint density at radius 3 is 2.58 bits per heavy atom. The van der Waals surface area contributed by atoms with Gasteiger partial charge >= 0.3 is 0 Å². The molecule has 0 radical (unpaired) electrons. The van der Waals surface area contributed by atoms with Crippen LogP contribution in [0.5, 0.6) is 0 Å². The number of benzene rings is 2. The van der Waals surface area contributed by atoms with Gasteiger partial charge in [0.05, 0.1) is 33.2 Å². The fourth-order valence-corrected chi connectivity index (χ4v) is 4.81. The molecule has 2 heterocycles. The normalized spacial score (nSPS) is 11.1. The van der Waals surface area contributed by atoms with E-state index in [1.54, 1.807) is 19.1 Å². The van der Waals surface area contributed by atoms with Crippen LogP contribution in [0, 0.1) is 20.8 Å². The molecular formula is C23H19Cl2N3O2S. The van der Waals surface area contributed by atoms with Crippen LogP contribution in [0.2, 0.25) is 10.0 Å². The minimum absolute atomic E-state index is 0.199. The first-order chi connectivity index (χ1) is 14.7. The zero-order valence-corrected chi connectivity index (χ0v) is 19.5. The van der Waals surface area contributed by atoms with Gasteiger partial charge in [-0.15, -0.1) is 11.3 Å². The van der Waals surface area contributed by atoms with Crippen LogP contribution >= 0.6 is 34.5 Å². The summed E-state index contributed by atoms with van der Waals surface area (Å²) in [5.74, 6) is -0.247. The van der Waals surface area contributed by atoms with E-state index in [1.807, 2.05) is 38.1 Å². The Labute approximate surface area is 193 Å². The number of amides is 1. The average Bonchev–Trinajstić information content (AvgIpc) is 3.06. The van der Waals surface area contributed by atoms with Crippen LogP contribution in [0.15, 0.2) is 47.5 Å². The van der Waals surface area contributed by atoms with Crippen molar-refractivity contribution < 1.29 is 4.79 Å². The zero-order valence-electron chi connectivity index (χ0n) is 17.1. The summed E-state index contributed by atoms with van der Waals surface area (Å²) in [6.07, 6.45) is 1.49. The summed E-state index contributed by atoms with van der Waals surface area (Å²) < 4.78 is 1.51. The molecule has 0 saturated heterocycles. The molecule has 4 aromatic rings. The van der Waals surface area contributed by atoms with E-state index in [4.69, 9.17) is 23.2 Å². The Morgan fingerprint density at radius 2 is 1.87 bits per heavy atom. The van der Waals surface area contributed by atoms with E-state index in [2.05, 4.69) is 10.3 Å². The number of rotatable bonds is 4. The number of aryl methyl sites for hydroxylation is 3. The van der Waals surface area contributed by atoms with Crippen LogP contribution in [-0.4, -0.2) is 15.5 Å². The van der Waals surface area contributed by atoms with Gasteiger partial charge in [-0.3, -0.25) is 14.2 Å². The lowest BCUT2D eigenvalue weighted by molar-refractivity contribution is 0.103. The smallest absolute Gasteiger partial charge is 0.266 e. The number of carbonyl (C=O) groups is 1. The van der Waals surface area contributed by atoms with Gasteiger partial charge in [-0.1, -0.05) is 47.0 Å². The van der Waals surface area contributed by atoms with E-state index in [1.165, 1.54) is 22.2 Å². The first kappa shape index (κ1) is 21.6. The second-order valence-electron chi connectivity index (χ2n) is 7.43. The molecule has 1 N–H and O–H groups in total. The lowest BCUT2D eigenvalue weighted by Crippen LogP contribution is -2.21. The van der Waals surface area contributed by atoms with E-state index in [0.29, 0.717) is 37.2 Å². The third kappa shape index (κ3) is 4.24. The maximum Gasteiger partial charge on any atom is 0.266 e. The summed E-state index contributed by atoms with van der Waals surface area (Å²) >= 11 is 13.3. The molecule has 0 unspecified atom stereocenters. The van der Waals surface area contributed by atoms with Gasteiger partial charge < -0.3 is 5.32 Å². The molecule has 0 atom stereocenters. The summed E-state index contributed by atoms with van der Waals surface area (Å²) in [5.41, 5.74) is 4.11. The molecule has 0 aliphatic carbocycles. The molecule has 0 spiro atoms. The van der Waals surface area contributed by atoms with Crippen molar-refractivity contribution in [3.8, 4) is 0 Å². The Hall–Kier alpha value is -2.67. The first-order valence-electron chi connectivity index (χ1n) is 9.55. The number of hydrogen-bond acceptors (Lipinski definition) is 4. The predicted molar refractivity (Wildman–Crippen MR) is 128 cm³/mol. The van der Waals surface area contributed by atoms with E-state index < -0.39 is 0 Å². The SMILES string of the molecule is Cc1ccc(NC(=O)c2sc3ncn(Cc4ccc(Cl)c(Cl)c4)c(=O)c3c2C)c(C)c1. The van der Waals surface area contributed by atoms with Crippen molar-refractivity contribution in [3.05, 3.63) is 90.3 Å². The van der Waals surface area contributed by atoms with Crippen molar-refractivity contribution in [2.75, 3.05) is 5.32 Å². The third-order valence-corrected chi connectivity index (χ3v) is 7.03. The molecule has 0 aliphatic rings. The number of fused-ring (bicyclic) bond motifs is 1. The van der Waals surface area contributed by atoms with Crippen LogP contribution in [0.4, 0.5) is 5.69 Å². The topological polar surface area (TPSA) is 64.0 Å². The summed E-state index contributed by atoms with van der Waals surface area (Å²) in [6.45, 7) is 6.04. The van der Waals surface area contributed by atoms with Gasteiger partial charge in [0.25, 0.3) is 11.5 Å². The van der Waals surface area contributed by atoms with Crippen molar-refractivity contribution in [1.29, 1.82) is 0 Å². The number of thiophene rings is 1. The van der Waals surface area contributed by atoms with Crippen LogP contribution in [0.3, 0.4) is 0 Å². The number of carbonyl (C=O) groups excluding carboxylic acids is 1. The first-order valence-corrected chi connectivity index (χ1v) is 11.1. The summed E-state index contributed by atoms with van der Waals surface area (Å²) in [6, 6.07) is 11.1. The predicted octanol–water partition coefficient (Wildman–Crippen LogP) is 5.99. The number of aromatic nitrogens is 2. The summed E-state index contributed by atoms with van der Waals surface area (Å²) in [5, 5.41) is 4.29. The Bertz CT molecular complexity index is 1390. The minimum atomic E-state index is -0.247. The maximum atomic E-state index is 13.1. The Morgan fingerprint density at radius 1 is 1.10 bits per heavy atom. The lowest BCUT2D eigenvalue weighted by atomic mass is 10.1. The lowest BCUT2D eigenvalue weighted by Gasteiger charge is -2.08. The molecule has 4 rings (SSSR count). The monoisotopic (exact) mass is 471 g/mol. The van der Waals surface area contributed by atoms with Gasteiger partial charge in [0, 0.05) is 5.69 Å². The Balaban J connectivity index is 1.68. The molecule has 2 aromatic heterocycles. The molecule has 1 amide bonds. The largest absolute Gasteiger partial charge is 0.321 e. The highest BCUT2D eigenvalue weighted by molar-refractivity contribution is 7.20. The highest BCUT2D eigenvalue weighted by Crippen LogP contribution is 2.28. The molecule has 5 nitrogen and oxygen atoms in total. The molecule has 158 valence electrons. The molecule has 0 fully saturated rings. The van der Waals surface area contributed by atoms with E-state index in [0.717, 1.165) is 22.4 Å². The highest BCUT2D eigenvalue weighted by atomic mass is 35.5. The van der Waals surface area contributed by atoms with Gasteiger partial charge in [0.2, 0.25) is 0 Å². The second-order valence-corrected chi connectivity index (χ2v) is 9.25. The second kappa shape index (κ2) is 8.46. The standard InChI is InChI=1S/C23H19Cl2N3O2S/c1-12-4-7-18(13(2)8-12)27-21(29)20-14(3)19-22(31-20)26-11-28(23(19)30)10-15-5-6-16(24)17(25)9-15/h4-9,11H,10H2,1-3H3,(H,27,29). The van der Waals surface area contributed by atoms with Gasteiger partial charge in [-0.25, -0.2) is 4.98 Å². The molecule has 2 aromatic carbocycles. The minimum Gasteiger partial charge on any atom is -0.321 e. The number of nitrogens with one attached hydrogen (secondary N) is 1. The maximum absolute atomic E-state index is 13.1.